The maximum absolute atomic E-state index is 6.20. The SMILES string of the molecule is CCCCCCC(C)OC(CCC)CNC(C)(C)C. The summed E-state index contributed by atoms with van der Waals surface area (Å²) in [6, 6.07) is 0. The van der Waals surface area contributed by atoms with Crippen molar-refractivity contribution in [2.45, 2.75) is 104 Å². The molecule has 0 rings (SSSR count). The molecule has 0 aliphatic carbocycles. The second-order valence-electron chi connectivity index (χ2n) is 6.84. The average Bonchev–Trinajstić information content (AvgIpc) is 2.31. The van der Waals surface area contributed by atoms with Gasteiger partial charge in [0.25, 0.3) is 0 Å². The van der Waals surface area contributed by atoms with Gasteiger partial charge in [0.15, 0.2) is 0 Å². The summed E-state index contributed by atoms with van der Waals surface area (Å²) in [5.74, 6) is 0. The summed E-state index contributed by atoms with van der Waals surface area (Å²) in [6.45, 7) is 14.3. The van der Waals surface area contributed by atoms with Gasteiger partial charge in [-0.15, -0.1) is 0 Å². The first-order valence-corrected chi connectivity index (χ1v) is 8.29. The van der Waals surface area contributed by atoms with E-state index in [2.05, 4.69) is 46.9 Å². The molecular weight excluding hydrogens is 234 g/mol. The van der Waals surface area contributed by atoms with Crippen LogP contribution in [-0.2, 0) is 4.74 Å². The molecular formula is C17H37NO. The molecule has 0 aliphatic rings. The van der Waals surface area contributed by atoms with E-state index in [0.29, 0.717) is 12.2 Å². The van der Waals surface area contributed by atoms with Crippen molar-refractivity contribution in [1.29, 1.82) is 0 Å². The monoisotopic (exact) mass is 271 g/mol. The van der Waals surface area contributed by atoms with Crippen LogP contribution in [0.2, 0.25) is 0 Å². The van der Waals surface area contributed by atoms with Gasteiger partial charge in [0.05, 0.1) is 12.2 Å². The van der Waals surface area contributed by atoms with Gasteiger partial charge in [0, 0.05) is 12.1 Å². The first-order chi connectivity index (χ1) is 8.89. The minimum Gasteiger partial charge on any atom is -0.374 e. The molecule has 0 bridgehead atoms. The fourth-order valence-corrected chi connectivity index (χ4v) is 2.22. The topological polar surface area (TPSA) is 21.3 Å². The molecule has 2 nitrogen and oxygen atoms in total. The average molecular weight is 271 g/mol. The van der Waals surface area contributed by atoms with Crippen LogP contribution >= 0.6 is 0 Å². The molecule has 2 unspecified atom stereocenters. The third-order valence-electron chi connectivity index (χ3n) is 3.36. The van der Waals surface area contributed by atoms with E-state index in [1.165, 1.54) is 38.5 Å². The van der Waals surface area contributed by atoms with Crippen LogP contribution in [0.25, 0.3) is 0 Å². The third-order valence-corrected chi connectivity index (χ3v) is 3.36. The van der Waals surface area contributed by atoms with E-state index >= 15 is 0 Å². The summed E-state index contributed by atoms with van der Waals surface area (Å²) < 4.78 is 6.20. The smallest absolute Gasteiger partial charge is 0.0703 e. The zero-order valence-corrected chi connectivity index (χ0v) is 14.2. The molecule has 0 aromatic heterocycles. The van der Waals surface area contributed by atoms with Gasteiger partial charge in [-0.1, -0.05) is 46.0 Å². The highest BCUT2D eigenvalue weighted by Crippen LogP contribution is 2.13. The van der Waals surface area contributed by atoms with Crippen LogP contribution in [0.5, 0.6) is 0 Å². The molecule has 0 heterocycles. The van der Waals surface area contributed by atoms with Crippen molar-refractivity contribution in [1.82, 2.24) is 5.32 Å². The predicted octanol–water partition coefficient (Wildman–Crippen LogP) is 4.92. The summed E-state index contributed by atoms with van der Waals surface area (Å²) in [5.41, 5.74) is 0.180. The molecule has 2 atom stereocenters. The Labute approximate surface area is 121 Å². The van der Waals surface area contributed by atoms with Gasteiger partial charge >= 0.3 is 0 Å². The molecule has 0 amide bonds. The van der Waals surface area contributed by atoms with Crippen molar-refractivity contribution >= 4 is 0 Å². The second kappa shape index (κ2) is 10.7. The summed E-state index contributed by atoms with van der Waals surface area (Å²) in [5, 5.41) is 3.56. The van der Waals surface area contributed by atoms with Crippen LogP contribution in [-0.4, -0.2) is 24.3 Å². The van der Waals surface area contributed by atoms with Crippen LogP contribution in [0.4, 0.5) is 0 Å². The Morgan fingerprint density at radius 3 is 2.16 bits per heavy atom. The molecule has 0 aromatic rings. The van der Waals surface area contributed by atoms with Crippen LogP contribution < -0.4 is 5.32 Å². The van der Waals surface area contributed by atoms with E-state index in [0.717, 1.165) is 13.0 Å². The van der Waals surface area contributed by atoms with Crippen molar-refractivity contribution in [3.8, 4) is 0 Å². The van der Waals surface area contributed by atoms with Gasteiger partial charge in [-0.3, -0.25) is 0 Å². The number of rotatable bonds is 11. The summed E-state index contributed by atoms with van der Waals surface area (Å²) in [6.07, 6.45) is 9.64. The number of hydrogen-bond acceptors (Lipinski definition) is 2. The Morgan fingerprint density at radius 2 is 1.63 bits per heavy atom. The number of hydrogen-bond donors (Lipinski definition) is 1. The van der Waals surface area contributed by atoms with E-state index in [1.807, 2.05) is 0 Å². The van der Waals surface area contributed by atoms with Gasteiger partial charge in [-0.25, -0.2) is 0 Å². The molecule has 0 aliphatic heterocycles. The van der Waals surface area contributed by atoms with E-state index < -0.39 is 0 Å². The third kappa shape index (κ3) is 12.7. The first kappa shape index (κ1) is 18.9. The van der Waals surface area contributed by atoms with Crippen molar-refractivity contribution < 1.29 is 4.74 Å². The standard InChI is InChI=1S/C17H37NO/c1-7-9-10-11-13-15(3)19-16(12-8-2)14-18-17(4,5)6/h15-16,18H,7-14H2,1-6H3. The Bertz CT molecular complexity index is 198. The highest BCUT2D eigenvalue weighted by molar-refractivity contribution is 4.74. The number of nitrogens with one attached hydrogen (secondary N) is 1. The highest BCUT2D eigenvalue weighted by Gasteiger charge is 2.16. The van der Waals surface area contributed by atoms with E-state index in [9.17, 15) is 0 Å². The molecule has 2 heteroatoms. The maximum Gasteiger partial charge on any atom is 0.0703 e. The lowest BCUT2D eigenvalue weighted by Gasteiger charge is -2.27. The maximum atomic E-state index is 6.20. The summed E-state index contributed by atoms with van der Waals surface area (Å²) in [7, 11) is 0. The van der Waals surface area contributed by atoms with Crippen molar-refractivity contribution in [3.63, 3.8) is 0 Å². The molecule has 0 radical (unpaired) electrons. The van der Waals surface area contributed by atoms with Crippen molar-refractivity contribution in [2.75, 3.05) is 6.54 Å². The Morgan fingerprint density at radius 1 is 0.947 bits per heavy atom. The molecule has 1 N–H and O–H groups in total. The van der Waals surface area contributed by atoms with Crippen LogP contribution in [0, 0.1) is 0 Å². The Hall–Kier alpha value is -0.0800. The lowest BCUT2D eigenvalue weighted by Crippen LogP contribution is -2.42. The van der Waals surface area contributed by atoms with Gasteiger partial charge in [0.2, 0.25) is 0 Å². The van der Waals surface area contributed by atoms with Crippen molar-refractivity contribution in [3.05, 3.63) is 0 Å². The Balaban J connectivity index is 3.90. The molecule has 0 saturated heterocycles. The van der Waals surface area contributed by atoms with Gasteiger partial charge < -0.3 is 10.1 Å². The summed E-state index contributed by atoms with van der Waals surface area (Å²) >= 11 is 0. The fourth-order valence-electron chi connectivity index (χ4n) is 2.22. The van der Waals surface area contributed by atoms with Gasteiger partial charge in [-0.05, 0) is 40.5 Å². The second-order valence-corrected chi connectivity index (χ2v) is 6.84. The van der Waals surface area contributed by atoms with Crippen LogP contribution in [0.15, 0.2) is 0 Å². The quantitative estimate of drug-likeness (QED) is 0.539. The molecule has 19 heavy (non-hydrogen) atoms. The largest absolute Gasteiger partial charge is 0.374 e. The van der Waals surface area contributed by atoms with Crippen molar-refractivity contribution in [2.24, 2.45) is 0 Å². The van der Waals surface area contributed by atoms with Crippen LogP contribution in [0.3, 0.4) is 0 Å². The van der Waals surface area contributed by atoms with Crippen LogP contribution in [0.1, 0.15) is 86.5 Å². The van der Waals surface area contributed by atoms with E-state index in [4.69, 9.17) is 4.74 Å². The predicted molar refractivity (Wildman–Crippen MR) is 85.8 cm³/mol. The zero-order chi connectivity index (χ0) is 14.7. The molecule has 116 valence electrons. The normalized spacial score (nSPS) is 15.5. The summed E-state index contributed by atoms with van der Waals surface area (Å²) in [4.78, 5) is 0. The molecule has 0 saturated carbocycles. The molecule has 0 spiro atoms. The minimum atomic E-state index is 0.180. The first-order valence-electron chi connectivity index (χ1n) is 8.29. The Kier molecular flexibility index (Phi) is 10.6. The molecule has 0 fully saturated rings. The van der Waals surface area contributed by atoms with Gasteiger partial charge in [0.1, 0.15) is 0 Å². The minimum absolute atomic E-state index is 0.180. The highest BCUT2D eigenvalue weighted by atomic mass is 16.5. The number of unbranched alkanes of at least 4 members (excludes halogenated alkanes) is 3. The number of ether oxygens (including phenoxy) is 1. The lowest BCUT2D eigenvalue weighted by atomic mass is 10.1. The zero-order valence-electron chi connectivity index (χ0n) is 14.2. The van der Waals surface area contributed by atoms with Gasteiger partial charge in [-0.2, -0.15) is 0 Å². The van der Waals surface area contributed by atoms with E-state index in [-0.39, 0.29) is 5.54 Å². The fraction of sp³-hybridized carbons (Fsp3) is 1.00. The van der Waals surface area contributed by atoms with E-state index in [1.54, 1.807) is 0 Å². The lowest BCUT2D eigenvalue weighted by molar-refractivity contribution is -0.0135. The molecule has 0 aromatic carbocycles.